The molecule has 1 heterocycles. The summed E-state index contributed by atoms with van der Waals surface area (Å²) < 4.78 is 5.15. The van der Waals surface area contributed by atoms with E-state index >= 15 is 0 Å². The molecule has 17 heavy (non-hydrogen) atoms. The smallest absolute Gasteiger partial charge is 0.0713 e. The van der Waals surface area contributed by atoms with Crippen LogP contribution in [0.25, 0.3) is 0 Å². The largest absolute Gasteiger partial charge is 0.380 e. The van der Waals surface area contributed by atoms with Gasteiger partial charge in [-0.2, -0.15) is 0 Å². The normalized spacial score (nSPS) is 24.8. The minimum Gasteiger partial charge on any atom is -0.380 e. The molecular formula is C15H23NO. The van der Waals surface area contributed by atoms with E-state index < -0.39 is 0 Å². The minimum absolute atomic E-state index is 0.712. The summed E-state index contributed by atoms with van der Waals surface area (Å²) in [6.07, 6.45) is 2.53. The average molecular weight is 233 g/mol. The molecule has 1 fully saturated rings. The zero-order valence-corrected chi connectivity index (χ0v) is 10.9. The lowest BCUT2D eigenvalue weighted by Gasteiger charge is -2.32. The van der Waals surface area contributed by atoms with Gasteiger partial charge in [-0.1, -0.05) is 37.6 Å². The molecule has 1 aromatic carbocycles. The fraction of sp³-hybridized carbons (Fsp3) is 0.600. The number of piperidine rings is 1. The molecule has 0 saturated carbocycles. The Morgan fingerprint density at radius 2 is 2.06 bits per heavy atom. The van der Waals surface area contributed by atoms with Crippen LogP contribution in [-0.2, 0) is 11.3 Å². The first kappa shape index (κ1) is 12.6. The summed E-state index contributed by atoms with van der Waals surface area (Å²) in [5.74, 6) is 1.52. The summed E-state index contributed by atoms with van der Waals surface area (Å²) in [5, 5.41) is 3.50. The molecule has 2 atom stereocenters. The predicted molar refractivity (Wildman–Crippen MR) is 71.2 cm³/mol. The highest BCUT2D eigenvalue weighted by Gasteiger charge is 2.24. The Hall–Kier alpha value is -0.860. The average Bonchev–Trinajstić information content (AvgIpc) is 2.40. The van der Waals surface area contributed by atoms with E-state index in [1.807, 2.05) is 0 Å². The lowest BCUT2D eigenvalue weighted by molar-refractivity contribution is 0.185. The van der Waals surface area contributed by atoms with Gasteiger partial charge >= 0.3 is 0 Å². The van der Waals surface area contributed by atoms with Crippen LogP contribution < -0.4 is 5.32 Å². The molecule has 0 amide bonds. The summed E-state index contributed by atoms with van der Waals surface area (Å²) in [4.78, 5) is 0. The van der Waals surface area contributed by atoms with Crippen molar-refractivity contribution >= 4 is 0 Å². The molecule has 2 rings (SSSR count). The molecule has 0 aliphatic carbocycles. The van der Waals surface area contributed by atoms with Crippen molar-refractivity contribution in [3.63, 3.8) is 0 Å². The van der Waals surface area contributed by atoms with Gasteiger partial charge in [-0.15, -0.1) is 0 Å². The Labute approximate surface area is 104 Å². The Kier molecular flexibility index (Phi) is 4.57. The van der Waals surface area contributed by atoms with Gasteiger partial charge in [0.1, 0.15) is 0 Å². The Bertz CT molecular complexity index is 333. The van der Waals surface area contributed by atoms with Gasteiger partial charge < -0.3 is 10.1 Å². The number of ether oxygens (including phenoxy) is 1. The number of hydrogen-bond acceptors (Lipinski definition) is 2. The summed E-state index contributed by atoms with van der Waals surface area (Å²) >= 11 is 0. The van der Waals surface area contributed by atoms with Crippen LogP contribution in [0.5, 0.6) is 0 Å². The van der Waals surface area contributed by atoms with Gasteiger partial charge in [-0.3, -0.25) is 0 Å². The molecule has 0 radical (unpaired) electrons. The maximum Gasteiger partial charge on any atom is 0.0713 e. The number of hydrogen-bond donors (Lipinski definition) is 1. The molecule has 1 aliphatic heterocycles. The fourth-order valence-corrected chi connectivity index (χ4v) is 2.82. The molecule has 1 aliphatic rings. The topological polar surface area (TPSA) is 21.3 Å². The van der Waals surface area contributed by atoms with Gasteiger partial charge in [0.05, 0.1) is 6.61 Å². The van der Waals surface area contributed by atoms with Crippen molar-refractivity contribution in [2.24, 2.45) is 5.92 Å². The highest BCUT2D eigenvalue weighted by Crippen LogP contribution is 2.32. The monoisotopic (exact) mass is 233 g/mol. The molecule has 1 saturated heterocycles. The van der Waals surface area contributed by atoms with Crippen molar-refractivity contribution in [3.8, 4) is 0 Å². The zero-order valence-electron chi connectivity index (χ0n) is 10.9. The number of nitrogens with one attached hydrogen (secondary N) is 1. The van der Waals surface area contributed by atoms with E-state index in [0.29, 0.717) is 6.61 Å². The number of rotatable bonds is 4. The van der Waals surface area contributed by atoms with Gasteiger partial charge in [0.15, 0.2) is 0 Å². The second-order valence-electron chi connectivity index (χ2n) is 4.94. The third kappa shape index (κ3) is 3.08. The van der Waals surface area contributed by atoms with Crippen LogP contribution in [0.2, 0.25) is 0 Å². The molecule has 2 unspecified atom stereocenters. The van der Waals surface area contributed by atoms with Crippen molar-refractivity contribution in [2.45, 2.75) is 32.3 Å². The molecule has 94 valence electrons. The van der Waals surface area contributed by atoms with E-state index in [2.05, 4.69) is 36.5 Å². The van der Waals surface area contributed by atoms with Gasteiger partial charge in [0.2, 0.25) is 0 Å². The van der Waals surface area contributed by atoms with Crippen LogP contribution >= 0.6 is 0 Å². The molecule has 1 N–H and O–H groups in total. The summed E-state index contributed by atoms with van der Waals surface area (Å²) in [5.41, 5.74) is 2.76. The lowest BCUT2D eigenvalue weighted by Crippen LogP contribution is -2.35. The van der Waals surface area contributed by atoms with E-state index in [4.69, 9.17) is 4.74 Å². The molecule has 2 heteroatoms. The fourth-order valence-electron chi connectivity index (χ4n) is 2.82. The summed E-state index contributed by atoms with van der Waals surface area (Å²) in [7, 11) is 1.74. The Balaban J connectivity index is 2.09. The molecule has 0 aromatic heterocycles. The van der Waals surface area contributed by atoms with Gasteiger partial charge in [0, 0.05) is 7.11 Å². The van der Waals surface area contributed by atoms with E-state index in [1.54, 1.807) is 7.11 Å². The highest BCUT2D eigenvalue weighted by molar-refractivity contribution is 5.26. The quantitative estimate of drug-likeness (QED) is 0.863. The van der Waals surface area contributed by atoms with Gasteiger partial charge in [-0.25, -0.2) is 0 Å². The number of methoxy groups -OCH3 is 1. The van der Waals surface area contributed by atoms with Crippen LogP contribution in [0, 0.1) is 5.92 Å². The molecule has 0 bridgehead atoms. The van der Waals surface area contributed by atoms with E-state index in [9.17, 15) is 0 Å². The van der Waals surface area contributed by atoms with Crippen LogP contribution in [0.3, 0.4) is 0 Å². The van der Waals surface area contributed by atoms with Crippen LogP contribution in [-0.4, -0.2) is 20.2 Å². The first-order valence-electron chi connectivity index (χ1n) is 6.63. The SMILES string of the molecule is CCC1CNCCC1c1ccc(COC)cc1. The first-order chi connectivity index (χ1) is 8.35. The second kappa shape index (κ2) is 6.18. The molecule has 2 nitrogen and oxygen atoms in total. The standard InChI is InChI=1S/C15H23NO/c1-3-13-10-16-9-8-15(13)14-6-4-12(5-7-14)11-17-2/h4-7,13,15-16H,3,8-11H2,1-2H3. The van der Waals surface area contributed by atoms with Crippen molar-refractivity contribution < 1.29 is 4.74 Å². The van der Waals surface area contributed by atoms with E-state index in [1.165, 1.54) is 30.5 Å². The van der Waals surface area contributed by atoms with Gasteiger partial charge in [-0.05, 0) is 42.5 Å². The Morgan fingerprint density at radius 3 is 2.71 bits per heavy atom. The maximum atomic E-state index is 5.15. The lowest BCUT2D eigenvalue weighted by atomic mass is 9.80. The van der Waals surface area contributed by atoms with Crippen LogP contribution in [0.4, 0.5) is 0 Å². The van der Waals surface area contributed by atoms with Crippen molar-refractivity contribution in [1.29, 1.82) is 0 Å². The van der Waals surface area contributed by atoms with Crippen LogP contribution in [0.1, 0.15) is 36.8 Å². The molecular weight excluding hydrogens is 210 g/mol. The first-order valence-corrected chi connectivity index (χ1v) is 6.63. The Morgan fingerprint density at radius 1 is 1.29 bits per heavy atom. The zero-order chi connectivity index (χ0) is 12.1. The van der Waals surface area contributed by atoms with E-state index in [-0.39, 0.29) is 0 Å². The third-order valence-electron chi connectivity index (χ3n) is 3.85. The summed E-state index contributed by atoms with van der Waals surface area (Å²) in [6.45, 7) is 5.33. The number of benzene rings is 1. The second-order valence-corrected chi connectivity index (χ2v) is 4.94. The maximum absolute atomic E-state index is 5.15. The van der Waals surface area contributed by atoms with E-state index in [0.717, 1.165) is 18.4 Å². The highest BCUT2D eigenvalue weighted by atomic mass is 16.5. The van der Waals surface area contributed by atoms with Gasteiger partial charge in [0.25, 0.3) is 0 Å². The predicted octanol–water partition coefficient (Wildman–Crippen LogP) is 2.94. The minimum atomic E-state index is 0.712. The molecule has 0 spiro atoms. The third-order valence-corrected chi connectivity index (χ3v) is 3.85. The summed E-state index contributed by atoms with van der Waals surface area (Å²) in [6, 6.07) is 8.97. The van der Waals surface area contributed by atoms with Crippen molar-refractivity contribution in [1.82, 2.24) is 5.32 Å². The van der Waals surface area contributed by atoms with Crippen molar-refractivity contribution in [3.05, 3.63) is 35.4 Å². The van der Waals surface area contributed by atoms with Crippen molar-refractivity contribution in [2.75, 3.05) is 20.2 Å². The molecule has 1 aromatic rings. The van der Waals surface area contributed by atoms with Crippen LogP contribution in [0.15, 0.2) is 24.3 Å².